The zero-order valence-electron chi connectivity index (χ0n) is 15.2. The first-order chi connectivity index (χ1) is 13.3. The van der Waals surface area contributed by atoms with Gasteiger partial charge in [-0.05, 0) is 31.4 Å². The highest BCUT2D eigenvalue weighted by Crippen LogP contribution is 2.38. The van der Waals surface area contributed by atoms with Crippen LogP contribution in [0.4, 0.5) is 5.82 Å². The number of nitrogens with zero attached hydrogens (tertiary/aromatic N) is 5. The van der Waals surface area contributed by atoms with Gasteiger partial charge in [-0.15, -0.1) is 11.3 Å². The number of hydrogen-bond donors (Lipinski definition) is 0. The number of aryl methyl sites for hydroxylation is 1. The fraction of sp³-hybridized carbons (Fsp3) is 0.286. The first-order valence-corrected chi connectivity index (χ1v) is 10.2. The highest BCUT2D eigenvalue weighted by molar-refractivity contribution is 7.21. The van der Waals surface area contributed by atoms with E-state index in [-0.39, 0.29) is 0 Å². The molecule has 27 heavy (non-hydrogen) atoms. The van der Waals surface area contributed by atoms with E-state index in [1.807, 2.05) is 25.6 Å². The van der Waals surface area contributed by atoms with E-state index < -0.39 is 0 Å². The van der Waals surface area contributed by atoms with E-state index in [2.05, 4.69) is 50.8 Å². The van der Waals surface area contributed by atoms with Crippen LogP contribution in [0.2, 0.25) is 0 Å². The largest absolute Gasteiger partial charge is 0.351 e. The van der Waals surface area contributed by atoms with Crippen molar-refractivity contribution in [2.75, 3.05) is 11.4 Å². The van der Waals surface area contributed by atoms with Gasteiger partial charge in [-0.3, -0.25) is 0 Å². The van der Waals surface area contributed by atoms with E-state index in [0.717, 1.165) is 29.6 Å². The maximum Gasteiger partial charge on any atom is 0.141 e. The number of aromatic nitrogens is 4. The topological polar surface area (TPSA) is 46.8 Å². The molecule has 1 saturated heterocycles. The smallest absolute Gasteiger partial charge is 0.141 e. The molecule has 0 amide bonds. The van der Waals surface area contributed by atoms with Crippen LogP contribution < -0.4 is 4.90 Å². The summed E-state index contributed by atoms with van der Waals surface area (Å²) in [5, 5.41) is 1.17. The third-order valence-electron chi connectivity index (χ3n) is 5.17. The molecule has 3 aromatic heterocycles. The number of hydrogen-bond acceptors (Lipinski definition) is 5. The molecule has 1 aromatic carbocycles. The maximum absolute atomic E-state index is 4.87. The van der Waals surface area contributed by atoms with Crippen molar-refractivity contribution in [3.8, 4) is 10.4 Å². The van der Waals surface area contributed by atoms with Gasteiger partial charge in [-0.2, -0.15) is 0 Å². The normalized spacial score (nSPS) is 17.1. The predicted molar refractivity (Wildman–Crippen MR) is 110 cm³/mol. The Morgan fingerprint density at radius 1 is 1.19 bits per heavy atom. The van der Waals surface area contributed by atoms with E-state index in [0.29, 0.717) is 6.04 Å². The Morgan fingerprint density at radius 3 is 2.89 bits per heavy atom. The number of fused-ring (bicyclic) bond motifs is 1. The maximum atomic E-state index is 4.87. The monoisotopic (exact) mass is 375 g/mol. The molecule has 1 unspecified atom stereocenters. The number of imidazole rings is 1. The fourth-order valence-electron chi connectivity index (χ4n) is 3.92. The molecule has 1 atom stereocenters. The summed E-state index contributed by atoms with van der Waals surface area (Å²) in [5.41, 5.74) is 1.24. The summed E-state index contributed by atoms with van der Waals surface area (Å²) in [6.07, 6.45) is 8.15. The minimum Gasteiger partial charge on any atom is -0.351 e. The van der Waals surface area contributed by atoms with Crippen molar-refractivity contribution >= 4 is 27.4 Å². The Hall–Kier alpha value is -2.73. The van der Waals surface area contributed by atoms with Crippen LogP contribution in [-0.4, -0.2) is 32.1 Å². The van der Waals surface area contributed by atoms with Crippen LogP contribution in [0.25, 0.3) is 20.7 Å². The average Bonchev–Trinajstić information content (AvgIpc) is 3.42. The number of benzene rings is 1. The molecule has 0 saturated carbocycles. The Morgan fingerprint density at radius 2 is 2.07 bits per heavy atom. The van der Waals surface area contributed by atoms with Crippen molar-refractivity contribution in [1.29, 1.82) is 0 Å². The zero-order valence-corrected chi connectivity index (χ0v) is 16.1. The summed E-state index contributed by atoms with van der Waals surface area (Å²) < 4.78 is 2.16. The van der Waals surface area contributed by atoms with E-state index in [4.69, 9.17) is 9.97 Å². The molecule has 5 rings (SSSR count). The minimum atomic E-state index is 0.441. The molecule has 5 nitrogen and oxygen atoms in total. The van der Waals surface area contributed by atoms with E-state index in [1.165, 1.54) is 28.7 Å². The quantitative estimate of drug-likeness (QED) is 0.526. The summed E-state index contributed by atoms with van der Waals surface area (Å²) in [7, 11) is 0. The highest BCUT2D eigenvalue weighted by atomic mass is 32.1. The second-order valence-corrected chi connectivity index (χ2v) is 8.07. The Balaban J connectivity index is 1.56. The molecular formula is C21H21N5S. The van der Waals surface area contributed by atoms with Crippen molar-refractivity contribution in [3.63, 3.8) is 0 Å². The van der Waals surface area contributed by atoms with Crippen molar-refractivity contribution in [2.45, 2.75) is 32.4 Å². The summed E-state index contributed by atoms with van der Waals surface area (Å²) >= 11 is 1.75. The van der Waals surface area contributed by atoms with E-state index in [9.17, 15) is 0 Å². The third-order valence-corrected chi connectivity index (χ3v) is 6.25. The summed E-state index contributed by atoms with van der Waals surface area (Å²) in [6, 6.07) is 13.2. The van der Waals surface area contributed by atoms with Crippen molar-refractivity contribution in [3.05, 3.63) is 60.9 Å². The molecule has 1 fully saturated rings. The third kappa shape index (κ3) is 3.10. The van der Waals surface area contributed by atoms with Crippen LogP contribution in [0.5, 0.6) is 0 Å². The first-order valence-electron chi connectivity index (χ1n) is 9.34. The molecule has 0 N–H and O–H groups in total. The number of rotatable bonds is 4. The first kappa shape index (κ1) is 16.4. The molecule has 6 heteroatoms. The molecule has 0 aliphatic carbocycles. The molecule has 0 radical (unpaired) electrons. The molecule has 4 aromatic rings. The van der Waals surface area contributed by atoms with E-state index >= 15 is 0 Å². The molecule has 0 bridgehead atoms. The van der Waals surface area contributed by atoms with Gasteiger partial charge in [0, 0.05) is 36.4 Å². The van der Waals surface area contributed by atoms with Gasteiger partial charge in [0.05, 0.1) is 11.7 Å². The van der Waals surface area contributed by atoms with Gasteiger partial charge in [-0.25, -0.2) is 15.0 Å². The lowest BCUT2D eigenvalue weighted by Crippen LogP contribution is -2.33. The Labute approximate surface area is 162 Å². The Bertz CT molecular complexity index is 1060. The molecule has 136 valence electrons. The standard InChI is InChI=1S/C21H21N5S/c1-15-23-20(26-10-5-8-17(26)13-25-11-9-22-14-25)18-12-19(27-21(18)24-15)16-6-3-2-4-7-16/h2-4,6-7,9,11-12,14,17H,5,8,10,13H2,1H3. The van der Waals surface area contributed by atoms with Gasteiger partial charge in [0.15, 0.2) is 0 Å². The van der Waals surface area contributed by atoms with Crippen LogP contribution in [0, 0.1) is 6.92 Å². The van der Waals surface area contributed by atoms with Gasteiger partial charge < -0.3 is 9.47 Å². The lowest BCUT2D eigenvalue weighted by molar-refractivity contribution is 0.547. The van der Waals surface area contributed by atoms with Crippen LogP contribution in [-0.2, 0) is 6.54 Å². The lowest BCUT2D eigenvalue weighted by Gasteiger charge is -2.26. The van der Waals surface area contributed by atoms with Crippen LogP contribution in [0.1, 0.15) is 18.7 Å². The molecular weight excluding hydrogens is 354 g/mol. The second kappa shape index (κ2) is 6.78. The minimum absolute atomic E-state index is 0.441. The lowest BCUT2D eigenvalue weighted by atomic mass is 10.1. The summed E-state index contributed by atoms with van der Waals surface area (Å²) in [6.45, 7) is 3.98. The van der Waals surface area contributed by atoms with Crippen LogP contribution in [0.15, 0.2) is 55.1 Å². The molecule has 1 aliphatic rings. The van der Waals surface area contributed by atoms with Crippen molar-refractivity contribution < 1.29 is 0 Å². The zero-order chi connectivity index (χ0) is 18.2. The highest BCUT2D eigenvalue weighted by Gasteiger charge is 2.28. The second-order valence-electron chi connectivity index (χ2n) is 7.04. The molecule has 0 spiro atoms. The number of thiophene rings is 1. The van der Waals surface area contributed by atoms with E-state index in [1.54, 1.807) is 11.3 Å². The fourth-order valence-corrected chi connectivity index (χ4v) is 4.99. The predicted octanol–water partition coefficient (Wildman–Crippen LogP) is 4.53. The summed E-state index contributed by atoms with van der Waals surface area (Å²) in [4.78, 5) is 18.6. The SMILES string of the molecule is Cc1nc(N2CCCC2Cn2ccnc2)c2cc(-c3ccccc3)sc2n1. The van der Waals surface area contributed by atoms with Gasteiger partial charge in [0.2, 0.25) is 0 Å². The van der Waals surface area contributed by atoms with Gasteiger partial charge in [0.25, 0.3) is 0 Å². The molecule has 1 aliphatic heterocycles. The van der Waals surface area contributed by atoms with Crippen LogP contribution in [0.3, 0.4) is 0 Å². The molecule has 4 heterocycles. The van der Waals surface area contributed by atoms with Gasteiger partial charge >= 0.3 is 0 Å². The average molecular weight is 376 g/mol. The van der Waals surface area contributed by atoms with Gasteiger partial charge in [-0.1, -0.05) is 30.3 Å². The van der Waals surface area contributed by atoms with Crippen molar-refractivity contribution in [2.24, 2.45) is 0 Å². The van der Waals surface area contributed by atoms with Crippen molar-refractivity contribution in [1.82, 2.24) is 19.5 Å². The Kier molecular flexibility index (Phi) is 4.13. The summed E-state index contributed by atoms with van der Waals surface area (Å²) in [5.74, 6) is 1.92. The van der Waals surface area contributed by atoms with Crippen LogP contribution >= 0.6 is 11.3 Å². The van der Waals surface area contributed by atoms with Gasteiger partial charge in [0.1, 0.15) is 16.5 Å². The number of anilines is 1.